The van der Waals surface area contributed by atoms with Gasteiger partial charge in [0.1, 0.15) is 0 Å². The summed E-state index contributed by atoms with van der Waals surface area (Å²) in [6, 6.07) is 0.360. The fraction of sp³-hybridized carbons (Fsp3) is 1.00. The van der Waals surface area contributed by atoms with E-state index in [0.717, 1.165) is 51.9 Å². The Kier molecular flexibility index (Phi) is 6.49. The molecule has 0 radical (unpaired) electrons. The zero-order chi connectivity index (χ0) is 16.1. The maximum absolute atomic E-state index is 12.2. The van der Waals surface area contributed by atoms with E-state index in [1.54, 1.807) is 0 Å². The van der Waals surface area contributed by atoms with E-state index in [-0.39, 0.29) is 18.6 Å². The van der Waals surface area contributed by atoms with Crippen molar-refractivity contribution in [2.45, 2.75) is 44.3 Å². The smallest absolute Gasteiger partial charge is 0.390 e. The van der Waals surface area contributed by atoms with E-state index in [2.05, 4.69) is 5.32 Å². The lowest BCUT2D eigenvalue weighted by Gasteiger charge is -2.35. The first kappa shape index (κ1) is 18.0. The van der Waals surface area contributed by atoms with Crippen molar-refractivity contribution in [1.82, 2.24) is 10.2 Å². The second-order valence-electron chi connectivity index (χ2n) is 6.64. The van der Waals surface area contributed by atoms with Gasteiger partial charge in [0.15, 0.2) is 0 Å². The predicted octanol–water partition coefficient (Wildman–Crippen LogP) is 1.78. The highest BCUT2D eigenvalue weighted by Gasteiger charge is 2.35. The van der Waals surface area contributed by atoms with Crippen molar-refractivity contribution >= 4 is 0 Å². The lowest BCUT2D eigenvalue weighted by atomic mass is 9.83. The van der Waals surface area contributed by atoms with Gasteiger partial charge in [0, 0.05) is 37.8 Å². The number of likely N-dealkylation sites (tertiary alicyclic amines) is 1. The molecule has 0 saturated carbocycles. The molecular formula is C15H27F3N2O2. The van der Waals surface area contributed by atoms with Crippen LogP contribution in [0, 0.1) is 5.41 Å². The van der Waals surface area contributed by atoms with Crippen LogP contribution < -0.4 is 5.32 Å². The fourth-order valence-corrected chi connectivity index (χ4v) is 3.32. The average molecular weight is 324 g/mol. The first-order valence-corrected chi connectivity index (χ1v) is 8.14. The number of hydrogen-bond acceptors (Lipinski definition) is 4. The molecule has 2 heterocycles. The molecule has 4 nitrogen and oxygen atoms in total. The Balaban J connectivity index is 1.67. The molecule has 2 N–H and O–H groups in total. The van der Waals surface area contributed by atoms with Gasteiger partial charge in [-0.15, -0.1) is 0 Å². The SMILES string of the molecule is OCCC1(CNC2CCN(CCC(F)(F)F)CC2)CCOC1. The topological polar surface area (TPSA) is 44.7 Å². The zero-order valence-corrected chi connectivity index (χ0v) is 13.0. The molecule has 0 aromatic carbocycles. The first-order valence-electron chi connectivity index (χ1n) is 8.14. The second kappa shape index (κ2) is 7.95. The molecular weight excluding hydrogens is 297 g/mol. The molecule has 0 spiro atoms. The monoisotopic (exact) mass is 324 g/mol. The Hall–Kier alpha value is -0.370. The molecule has 2 fully saturated rings. The van der Waals surface area contributed by atoms with E-state index in [0.29, 0.717) is 12.6 Å². The van der Waals surface area contributed by atoms with E-state index in [9.17, 15) is 18.3 Å². The van der Waals surface area contributed by atoms with Crippen LogP contribution in [0.5, 0.6) is 0 Å². The molecule has 0 aromatic heterocycles. The minimum Gasteiger partial charge on any atom is -0.396 e. The number of piperidine rings is 1. The molecule has 2 aliphatic rings. The Labute approximate surface area is 130 Å². The van der Waals surface area contributed by atoms with Crippen LogP contribution in [-0.2, 0) is 4.74 Å². The summed E-state index contributed by atoms with van der Waals surface area (Å²) in [7, 11) is 0. The van der Waals surface area contributed by atoms with E-state index in [1.807, 2.05) is 4.90 Å². The maximum atomic E-state index is 12.2. The molecule has 22 heavy (non-hydrogen) atoms. The molecule has 2 saturated heterocycles. The van der Waals surface area contributed by atoms with Crippen molar-refractivity contribution in [1.29, 1.82) is 0 Å². The van der Waals surface area contributed by atoms with E-state index < -0.39 is 12.6 Å². The lowest BCUT2D eigenvalue weighted by Crippen LogP contribution is -2.47. The van der Waals surface area contributed by atoms with E-state index in [4.69, 9.17) is 4.74 Å². The van der Waals surface area contributed by atoms with Crippen LogP contribution in [0.25, 0.3) is 0 Å². The number of halogens is 3. The zero-order valence-electron chi connectivity index (χ0n) is 13.0. The molecule has 1 unspecified atom stereocenters. The number of nitrogens with zero attached hydrogens (tertiary/aromatic N) is 1. The number of nitrogens with one attached hydrogen (secondary N) is 1. The van der Waals surface area contributed by atoms with Gasteiger partial charge in [-0.2, -0.15) is 13.2 Å². The standard InChI is InChI=1S/C15H27F3N2O2/c16-15(17,18)3-8-20-6-1-13(2-7-20)19-11-14(4-9-21)5-10-22-12-14/h13,19,21H,1-12H2. The van der Waals surface area contributed by atoms with Crippen molar-refractivity contribution < 1.29 is 23.0 Å². The summed E-state index contributed by atoms with van der Waals surface area (Å²) in [5, 5.41) is 12.7. The fourth-order valence-electron chi connectivity index (χ4n) is 3.32. The Morgan fingerprint density at radius 3 is 2.55 bits per heavy atom. The largest absolute Gasteiger partial charge is 0.396 e. The average Bonchev–Trinajstić information content (AvgIpc) is 2.93. The highest BCUT2D eigenvalue weighted by molar-refractivity contribution is 4.88. The number of alkyl halides is 3. The molecule has 0 amide bonds. The molecule has 0 bridgehead atoms. The number of hydrogen-bond donors (Lipinski definition) is 2. The van der Waals surface area contributed by atoms with Crippen molar-refractivity contribution in [3.63, 3.8) is 0 Å². The van der Waals surface area contributed by atoms with Gasteiger partial charge in [0.25, 0.3) is 0 Å². The summed E-state index contributed by atoms with van der Waals surface area (Å²) in [5.74, 6) is 0. The summed E-state index contributed by atoms with van der Waals surface area (Å²) < 4.78 is 42.1. The predicted molar refractivity (Wildman–Crippen MR) is 77.7 cm³/mol. The highest BCUT2D eigenvalue weighted by atomic mass is 19.4. The number of aliphatic hydroxyl groups excluding tert-OH is 1. The van der Waals surface area contributed by atoms with Crippen molar-refractivity contribution in [2.75, 3.05) is 46.0 Å². The van der Waals surface area contributed by atoms with Crippen molar-refractivity contribution in [2.24, 2.45) is 5.41 Å². The van der Waals surface area contributed by atoms with Crippen LogP contribution in [0.1, 0.15) is 32.1 Å². The highest BCUT2D eigenvalue weighted by Crippen LogP contribution is 2.32. The molecule has 1 atom stereocenters. The normalized spacial score (nSPS) is 28.4. The molecule has 0 aromatic rings. The summed E-state index contributed by atoms with van der Waals surface area (Å²) >= 11 is 0. The maximum Gasteiger partial charge on any atom is 0.390 e. The summed E-state index contributed by atoms with van der Waals surface area (Å²) in [6.45, 7) is 3.97. The van der Waals surface area contributed by atoms with E-state index >= 15 is 0 Å². The van der Waals surface area contributed by atoms with Crippen LogP contribution in [0.2, 0.25) is 0 Å². The van der Waals surface area contributed by atoms with Crippen molar-refractivity contribution in [3.8, 4) is 0 Å². The van der Waals surface area contributed by atoms with Gasteiger partial charge < -0.3 is 20.1 Å². The number of ether oxygens (including phenoxy) is 1. The minimum absolute atomic E-state index is 0.0299. The number of aliphatic hydroxyl groups is 1. The molecule has 2 rings (SSSR count). The van der Waals surface area contributed by atoms with Crippen LogP contribution in [0.3, 0.4) is 0 Å². The van der Waals surface area contributed by atoms with Crippen LogP contribution in [0.4, 0.5) is 13.2 Å². The van der Waals surface area contributed by atoms with Gasteiger partial charge in [-0.1, -0.05) is 0 Å². The third kappa shape index (κ3) is 5.68. The summed E-state index contributed by atoms with van der Waals surface area (Å²) in [6.07, 6.45) is -1.31. The van der Waals surface area contributed by atoms with Gasteiger partial charge in [0.05, 0.1) is 13.0 Å². The Morgan fingerprint density at radius 1 is 1.27 bits per heavy atom. The Bertz CT molecular complexity index is 325. The van der Waals surface area contributed by atoms with Gasteiger partial charge >= 0.3 is 6.18 Å². The third-order valence-electron chi connectivity index (χ3n) is 4.89. The van der Waals surface area contributed by atoms with Crippen LogP contribution in [0.15, 0.2) is 0 Å². The van der Waals surface area contributed by atoms with Crippen LogP contribution >= 0.6 is 0 Å². The summed E-state index contributed by atoms with van der Waals surface area (Å²) in [5.41, 5.74) is 0.0299. The number of rotatable bonds is 7. The second-order valence-corrected chi connectivity index (χ2v) is 6.64. The van der Waals surface area contributed by atoms with Gasteiger partial charge in [-0.3, -0.25) is 0 Å². The quantitative estimate of drug-likeness (QED) is 0.749. The third-order valence-corrected chi connectivity index (χ3v) is 4.89. The molecule has 130 valence electrons. The molecule has 2 aliphatic heterocycles. The van der Waals surface area contributed by atoms with Crippen LogP contribution in [-0.4, -0.2) is 68.2 Å². The first-order chi connectivity index (χ1) is 10.4. The minimum atomic E-state index is -4.06. The van der Waals surface area contributed by atoms with Crippen molar-refractivity contribution in [3.05, 3.63) is 0 Å². The van der Waals surface area contributed by atoms with Gasteiger partial charge in [-0.05, 0) is 38.8 Å². The lowest BCUT2D eigenvalue weighted by molar-refractivity contribution is -0.138. The molecule has 0 aliphatic carbocycles. The van der Waals surface area contributed by atoms with Gasteiger partial charge in [-0.25, -0.2) is 0 Å². The van der Waals surface area contributed by atoms with Gasteiger partial charge in [0.2, 0.25) is 0 Å². The van der Waals surface area contributed by atoms with E-state index in [1.165, 1.54) is 0 Å². The summed E-state index contributed by atoms with van der Waals surface area (Å²) in [4.78, 5) is 1.90. The molecule has 7 heteroatoms. The Morgan fingerprint density at radius 2 is 2.00 bits per heavy atom.